The third kappa shape index (κ3) is 8.34. The van der Waals surface area contributed by atoms with Gasteiger partial charge in [-0.25, -0.2) is 14.4 Å². The first-order chi connectivity index (χ1) is 24.0. The average Bonchev–Trinajstić information content (AvgIpc) is 3.64. The minimum absolute atomic E-state index is 0.0348. The fraction of sp³-hybridized carbons (Fsp3) is 0.553. The SMILES string of the molecule is Cn1c2ccc(OC[C@H](ON3C(=O)c4ccccc4C3=O)C(=O)OC(C)(C)C)cc2c[n+]1[C@@H]1CN(C(=O)OC(C)(C)C)C[C@@H]1O[Si](C)(C)C(C)(C)C. The number of likely N-dealkylation sites (tertiary alicyclic amines) is 1. The third-order valence-corrected chi connectivity index (χ3v) is 14.0. The van der Waals surface area contributed by atoms with Gasteiger partial charge in [0.1, 0.15) is 35.2 Å². The molecule has 0 bridgehead atoms. The average molecular weight is 738 g/mol. The fourth-order valence-electron chi connectivity index (χ4n) is 5.92. The van der Waals surface area contributed by atoms with Crippen molar-refractivity contribution in [3.8, 4) is 5.75 Å². The van der Waals surface area contributed by atoms with Crippen molar-refractivity contribution in [3.63, 3.8) is 0 Å². The van der Waals surface area contributed by atoms with Crippen molar-refractivity contribution in [1.29, 1.82) is 0 Å². The van der Waals surface area contributed by atoms with E-state index in [2.05, 4.69) is 38.5 Å². The molecule has 14 heteroatoms. The summed E-state index contributed by atoms with van der Waals surface area (Å²) in [6, 6.07) is 11.7. The zero-order valence-electron chi connectivity index (χ0n) is 32.4. The quantitative estimate of drug-likeness (QED) is 0.113. The van der Waals surface area contributed by atoms with Crippen LogP contribution in [0.3, 0.4) is 0 Å². The number of hydrogen-bond donors (Lipinski definition) is 0. The number of rotatable bonds is 9. The van der Waals surface area contributed by atoms with Crippen LogP contribution in [0.25, 0.3) is 10.9 Å². The van der Waals surface area contributed by atoms with E-state index >= 15 is 0 Å². The summed E-state index contributed by atoms with van der Waals surface area (Å²) in [5.74, 6) is -1.69. The molecule has 5 rings (SSSR count). The second-order valence-electron chi connectivity index (χ2n) is 17.0. The molecule has 13 nitrogen and oxygen atoms in total. The highest BCUT2D eigenvalue weighted by atomic mass is 28.4. The van der Waals surface area contributed by atoms with Gasteiger partial charge in [0.25, 0.3) is 11.8 Å². The molecule has 0 radical (unpaired) electrons. The van der Waals surface area contributed by atoms with Crippen LogP contribution in [-0.2, 0) is 30.6 Å². The number of imide groups is 1. The van der Waals surface area contributed by atoms with Crippen molar-refractivity contribution < 1.29 is 47.3 Å². The van der Waals surface area contributed by atoms with Crippen LogP contribution in [0.15, 0.2) is 48.7 Å². The standard InChI is InChI=1S/C38H53N4O9Si/c1-36(2,3)48-34(45)31(50-42-32(43)26-15-13-14-16-27(26)33(42)44)23-47-25-17-18-28-24(19-25)20-41(39(28)10)29-21-40(35(46)49-37(4,5)6)22-30(29)51-52(11,12)38(7,8)9/h13-20,29-31H,21-23H2,1-12H3/q+1/t29-,30+,31+/m1/s1. The van der Waals surface area contributed by atoms with Crippen molar-refractivity contribution in [2.75, 3.05) is 19.7 Å². The van der Waals surface area contributed by atoms with Gasteiger partial charge < -0.3 is 18.6 Å². The predicted molar refractivity (Wildman–Crippen MR) is 195 cm³/mol. The normalized spacial score (nSPS) is 18.9. The van der Waals surface area contributed by atoms with Crippen LogP contribution in [0.5, 0.6) is 5.75 Å². The molecule has 0 aliphatic carbocycles. The number of aromatic nitrogens is 2. The minimum Gasteiger partial charge on any atom is -0.490 e. The van der Waals surface area contributed by atoms with Gasteiger partial charge in [0.2, 0.25) is 18.3 Å². The van der Waals surface area contributed by atoms with Crippen LogP contribution in [0.2, 0.25) is 18.1 Å². The maximum absolute atomic E-state index is 13.3. The van der Waals surface area contributed by atoms with E-state index in [9.17, 15) is 19.2 Å². The largest absolute Gasteiger partial charge is 0.490 e. The van der Waals surface area contributed by atoms with Gasteiger partial charge in [-0.1, -0.05) is 32.9 Å². The Balaban J connectivity index is 1.39. The number of ether oxygens (including phenoxy) is 3. The Morgan fingerprint density at radius 1 is 0.885 bits per heavy atom. The first-order valence-corrected chi connectivity index (χ1v) is 20.5. The van der Waals surface area contributed by atoms with E-state index in [1.165, 1.54) is 12.1 Å². The van der Waals surface area contributed by atoms with Crippen LogP contribution >= 0.6 is 0 Å². The molecule has 0 N–H and O–H groups in total. The van der Waals surface area contributed by atoms with Gasteiger partial charge in [0, 0.05) is 0 Å². The number of carbonyl (C=O) groups is 4. The number of esters is 1. The molecule has 3 atom stereocenters. The van der Waals surface area contributed by atoms with E-state index in [0.29, 0.717) is 23.9 Å². The Labute approximate surface area is 306 Å². The van der Waals surface area contributed by atoms with Crippen molar-refractivity contribution in [2.24, 2.45) is 7.05 Å². The van der Waals surface area contributed by atoms with Crippen molar-refractivity contribution in [3.05, 3.63) is 59.8 Å². The van der Waals surface area contributed by atoms with Crippen molar-refractivity contribution >= 4 is 43.1 Å². The molecular formula is C38H53N4O9Si+. The molecule has 0 spiro atoms. The van der Waals surface area contributed by atoms with Gasteiger partial charge in [0.15, 0.2) is 8.32 Å². The van der Waals surface area contributed by atoms with Crippen LogP contribution < -0.4 is 9.42 Å². The van der Waals surface area contributed by atoms with E-state index in [-0.39, 0.29) is 41.0 Å². The molecule has 1 aromatic heterocycles. The number of fused-ring (bicyclic) bond motifs is 2. The van der Waals surface area contributed by atoms with Gasteiger partial charge in [0.05, 0.1) is 36.7 Å². The number of benzene rings is 2. The lowest BCUT2D eigenvalue weighted by molar-refractivity contribution is -0.795. The summed E-state index contributed by atoms with van der Waals surface area (Å²) in [5.41, 5.74) is -0.213. The Kier molecular flexibility index (Phi) is 10.4. The minimum atomic E-state index is -2.22. The van der Waals surface area contributed by atoms with E-state index < -0.39 is 43.4 Å². The molecule has 0 unspecified atom stereocenters. The number of amides is 3. The number of hydroxylamine groups is 2. The topological polar surface area (TPSA) is 130 Å². The van der Waals surface area contributed by atoms with Crippen LogP contribution in [0.1, 0.15) is 89.1 Å². The van der Waals surface area contributed by atoms with Crippen molar-refractivity contribution in [2.45, 2.75) is 110 Å². The molecule has 0 saturated carbocycles. The highest BCUT2D eigenvalue weighted by molar-refractivity contribution is 6.74. The monoisotopic (exact) mass is 737 g/mol. The summed E-state index contributed by atoms with van der Waals surface area (Å²) in [4.78, 5) is 60.0. The molecule has 2 aromatic carbocycles. The highest BCUT2D eigenvalue weighted by Crippen LogP contribution is 2.39. The van der Waals surface area contributed by atoms with E-state index in [1.807, 2.05) is 50.8 Å². The summed E-state index contributed by atoms with van der Waals surface area (Å²) < 4.78 is 28.5. The lowest BCUT2D eigenvalue weighted by Crippen LogP contribution is -2.54. The van der Waals surface area contributed by atoms with Gasteiger partial charge >= 0.3 is 12.1 Å². The Morgan fingerprint density at radius 2 is 1.48 bits per heavy atom. The lowest BCUT2D eigenvalue weighted by atomic mass is 10.1. The van der Waals surface area contributed by atoms with E-state index in [1.54, 1.807) is 43.9 Å². The van der Waals surface area contributed by atoms with Crippen LogP contribution in [-0.4, -0.2) is 89.9 Å². The summed E-state index contributed by atoms with van der Waals surface area (Å²) in [6.45, 7) is 22.1. The molecule has 3 heterocycles. The predicted octanol–water partition coefficient (Wildman–Crippen LogP) is 5.96. The molecule has 52 heavy (non-hydrogen) atoms. The second kappa shape index (κ2) is 13.9. The van der Waals surface area contributed by atoms with Gasteiger partial charge in [-0.2, -0.15) is 4.68 Å². The highest BCUT2D eigenvalue weighted by Gasteiger charge is 2.50. The molecule has 2 aliphatic rings. The van der Waals surface area contributed by atoms with Gasteiger partial charge in [-0.3, -0.25) is 14.5 Å². The molecular weight excluding hydrogens is 685 g/mol. The van der Waals surface area contributed by atoms with Gasteiger partial charge in [-0.05, 0) is 90.0 Å². The van der Waals surface area contributed by atoms with Crippen LogP contribution in [0.4, 0.5) is 4.79 Å². The summed E-state index contributed by atoms with van der Waals surface area (Å²) in [5, 5.41) is 1.40. The van der Waals surface area contributed by atoms with E-state index in [4.69, 9.17) is 23.5 Å². The molecule has 1 fully saturated rings. The Morgan fingerprint density at radius 3 is 2.04 bits per heavy atom. The van der Waals surface area contributed by atoms with E-state index in [0.717, 1.165) is 10.9 Å². The maximum Gasteiger partial charge on any atom is 0.410 e. The summed E-state index contributed by atoms with van der Waals surface area (Å²) >= 11 is 0. The first kappa shape index (κ1) is 38.9. The third-order valence-electron chi connectivity index (χ3n) is 9.51. The number of carbonyl (C=O) groups excluding carboxylic acids is 4. The summed E-state index contributed by atoms with van der Waals surface area (Å²) in [6.07, 6.45) is -0.0834. The Bertz CT molecular complexity index is 1830. The number of hydrogen-bond acceptors (Lipinski definition) is 9. The van der Waals surface area contributed by atoms with Crippen LogP contribution in [0, 0.1) is 0 Å². The summed E-state index contributed by atoms with van der Waals surface area (Å²) in [7, 11) is -0.269. The molecule has 282 valence electrons. The smallest absolute Gasteiger partial charge is 0.410 e. The maximum atomic E-state index is 13.3. The van der Waals surface area contributed by atoms with Gasteiger partial charge in [-0.15, -0.1) is 9.75 Å². The number of aryl methyl sites for hydroxylation is 1. The Hall–Kier alpha value is -4.27. The van der Waals surface area contributed by atoms with Crippen molar-refractivity contribution in [1.82, 2.24) is 14.6 Å². The zero-order chi connectivity index (χ0) is 38.6. The second-order valence-corrected chi connectivity index (χ2v) is 21.8. The molecule has 3 aromatic rings. The zero-order valence-corrected chi connectivity index (χ0v) is 33.4. The fourth-order valence-corrected chi connectivity index (χ4v) is 7.26. The number of nitrogens with zero attached hydrogens (tertiary/aromatic N) is 4. The lowest BCUT2D eigenvalue weighted by Gasteiger charge is -2.38. The molecule has 2 aliphatic heterocycles. The first-order valence-electron chi connectivity index (χ1n) is 17.6. The molecule has 3 amide bonds. The molecule has 1 saturated heterocycles.